The Hall–Kier alpha value is -3.10. The molecule has 1 N–H and O–H groups in total. The number of hydrogen-bond acceptors (Lipinski definition) is 3. The molecule has 0 aliphatic heterocycles. The van der Waals surface area contributed by atoms with Crippen molar-refractivity contribution >= 4 is 8.07 Å². The number of alkyl halides is 6. The SMILES string of the molecule is C[Si](C)(C)C#CC(O)c1nnn(Cc2cc(C(F)(F)F)cc(C(F)(F)F)c2)c1-c1ccccc1. The predicted molar refractivity (Wildman–Crippen MR) is 117 cm³/mol. The van der Waals surface area contributed by atoms with Gasteiger partial charge in [0.2, 0.25) is 0 Å². The fourth-order valence-electron chi connectivity index (χ4n) is 3.15. The first kappa shape index (κ1) is 25.5. The van der Waals surface area contributed by atoms with Crippen LogP contribution < -0.4 is 0 Å². The molecule has 1 aromatic heterocycles. The van der Waals surface area contributed by atoms with Gasteiger partial charge in [0.1, 0.15) is 13.8 Å². The van der Waals surface area contributed by atoms with Crippen molar-refractivity contribution in [3.05, 3.63) is 70.9 Å². The Bertz CT molecular complexity index is 1190. The fourth-order valence-corrected chi connectivity index (χ4v) is 3.72. The first-order chi connectivity index (χ1) is 15.6. The van der Waals surface area contributed by atoms with E-state index in [4.69, 9.17) is 0 Å². The van der Waals surface area contributed by atoms with E-state index in [1.165, 1.54) is 4.68 Å². The van der Waals surface area contributed by atoms with Gasteiger partial charge in [0, 0.05) is 5.56 Å². The van der Waals surface area contributed by atoms with Crippen molar-refractivity contribution in [1.82, 2.24) is 15.0 Å². The summed E-state index contributed by atoms with van der Waals surface area (Å²) in [5.74, 6) is 2.74. The first-order valence-corrected chi connectivity index (χ1v) is 13.6. The zero-order chi connectivity index (χ0) is 25.3. The fraction of sp³-hybridized carbons (Fsp3) is 0.304. The normalized spacial score (nSPS) is 13.4. The maximum atomic E-state index is 13.3. The lowest BCUT2D eigenvalue weighted by Gasteiger charge is -2.15. The topological polar surface area (TPSA) is 50.9 Å². The molecular weight excluding hydrogens is 476 g/mol. The van der Waals surface area contributed by atoms with Crippen LogP contribution >= 0.6 is 0 Å². The number of nitrogens with zero attached hydrogens (tertiary/aromatic N) is 3. The van der Waals surface area contributed by atoms with E-state index in [1.807, 2.05) is 19.6 Å². The van der Waals surface area contributed by atoms with Crippen LogP contribution in [0.5, 0.6) is 0 Å². The Morgan fingerprint density at radius 1 is 0.941 bits per heavy atom. The van der Waals surface area contributed by atoms with Crippen molar-refractivity contribution < 1.29 is 31.4 Å². The van der Waals surface area contributed by atoms with Crippen LogP contribution in [0.25, 0.3) is 11.3 Å². The molecule has 0 bridgehead atoms. The van der Waals surface area contributed by atoms with E-state index in [-0.39, 0.29) is 23.0 Å². The zero-order valence-electron chi connectivity index (χ0n) is 18.5. The largest absolute Gasteiger partial charge is 0.416 e. The maximum absolute atomic E-state index is 13.3. The van der Waals surface area contributed by atoms with Gasteiger partial charge in [-0.2, -0.15) is 26.3 Å². The second kappa shape index (κ2) is 9.27. The van der Waals surface area contributed by atoms with Gasteiger partial charge in [0.15, 0.2) is 6.10 Å². The van der Waals surface area contributed by atoms with Crippen LogP contribution in [0.2, 0.25) is 19.6 Å². The molecule has 0 radical (unpaired) electrons. The summed E-state index contributed by atoms with van der Waals surface area (Å²) in [7, 11) is -1.84. The molecular formula is C23H21F6N3OSi. The molecule has 3 aromatic rings. The van der Waals surface area contributed by atoms with E-state index in [2.05, 4.69) is 21.8 Å². The molecule has 0 fully saturated rings. The van der Waals surface area contributed by atoms with Gasteiger partial charge in [-0.25, -0.2) is 4.68 Å². The van der Waals surface area contributed by atoms with Crippen molar-refractivity contribution in [2.45, 2.75) is 44.6 Å². The number of rotatable bonds is 4. The Morgan fingerprint density at radius 3 is 2.00 bits per heavy atom. The lowest BCUT2D eigenvalue weighted by Crippen LogP contribution is -2.17. The Morgan fingerprint density at radius 2 is 1.50 bits per heavy atom. The van der Waals surface area contributed by atoms with E-state index < -0.39 is 44.2 Å². The number of halogens is 6. The molecule has 0 spiro atoms. The van der Waals surface area contributed by atoms with Gasteiger partial charge in [0.25, 0.3) is 0 Å². The molecule has 1 atom stereocenters. The molecule has 1 unspecified atom stereocenters. The number of aromatic nitrogens is 3. The molecule has 4 nitrogen and oxygen atoms in total. The van der Waals surface area contributed by atoms with E-state index in [9.17, 15) is 31.4 Å². The summed E-state index contributed by atoms with van der Waals surface area (Å²) >= 11 is 0. The van der Waals surface area contributed by atoms with Gasteiger partial charge in [-0.15, -0.1) is 10.6 Å². The number of hydrogen-bond donors (Lipinski definition) is 1. The molecule has 0 aliphatic carbocycles. The summed E-state index contributed by atoms with van der Waals surface area (Å²) in [6, 6.07) is 9.84. The highest BCUT2D eigenvalue weighted by Crippen LogP contribution is 2.37. The van der Waals surface area contributed by atoms with Crippen LogP contribution in [0.1, 0.15) is 28.5 Å². The first-order valence-electron chi connectivity index (χ1n) is 10.1. The van der Waals surface area contributed by atoms with Gasteiger partial charge in [-0.1, -0.05) is 61.1 Å². The summed E-state index contributed by atoms with van der Waals surface area (Å²) in [6.45, 7) is 5.51. The van der Waals surface area contributed by atoms with Crippen LogP contribution in [0, 0.1) is 11.5 Å². The maximum Gasteiger partial charge on any atom is 0.416 e. The van der Waals surface area contributed by atoms with Gasteiger partial charge in [0.05, 0.1) is 23.4 Å². The highest BCUT2D eigenvalue weighted by atomic mass is 28.3. The highest BCUT2D eigenvalue weighted by molar-refractivity contribution is 6.83. The van der Waals surface area contributed by atoms with Crippen molar-refractivity contribution in [2.24, 2.45) is 0 Å². The minimum Gasteiger partial charge on any atom is -0.374 e. The molecule has 180 valence electrons. The van der Waals surface area contributed by atoms with Crippen molar-refractivity contribution in [1.29, 1.82) is 0 Å². The lowest BCUT2D eigenvalue weighted by atomic mass is 10.0. The molecule has 3 rings (SSSR count). The average Bonchev–Trinajstić information content (AvgIpc) is 3.14. The lowest BCUT2D eigenvalue weighted by molar-refractivity contribution is -0.143. The summed E-state index contributed by atoms with van der Waals surface area (Å²) in [4.78, 5) is 0. The smallest absolute Gasteiger partial charge is 0.374 e. The minimum absolute atomic E-state index is 0.0694. The Labute approximate surface area is 193 Å². The monoisotopic (exact) mass is 497 g/mol. The highest BCUT2D eigenvalue weighted by Gasteiger charge is 2.37. The van der Waals surface area contributed by atoms with E-state index >= 15 is 0 Å². The third-order valence-electron chi connectivity index (χ3n) is 4.63. The standard InChI is InChI=1S/C23H21F6N3OSi/c1-34(2,3)10-9-19(33)20-21(16-7-5-4-6-8-16)32(31-30-20)14-15-11-17(22(24,25)26)13-18(12-15)23(27,28)29/h4-8,11-13,19,33H,14H2,1-3H3. The van der Waals surface area contributed by atoms with Crippen LogP contribution in [0.15, 0.2) is 48.5 Å². The van der Waals surface area contributed by atoms with Crippen LogP contribution in [0.4, 0.5) is 26.3 Å². The predicted octanol–water partition coefficient (Wildman–Crippen LogP) is 5.95. The van der Waals surface area contributed by atoms with Gasteiger partial charge in [-0.3, -0.25) is 0 Å². The van der Waals surface area contributed by atoms with Gasteiger partial charge >= 0.3 is 12.4 Å². The minimum atomic E-state index is -4.96. The van der Waals surface area contributed by atoms with E-state index in [0.717, 1.165) is 0 Å². The van der Waals surface area contributed by atoms with Crippen molar-refractivity contribution in [3.63, 3.8) is 0 Å². The summed E-state index contributed by atoms with van der Waals surface area (Å²) in [5, 5.41) is 18.5. The second-order valence-corrected chi connectivity index (χ2v) is 13.4. The van der Waals surface area contributed by atoms with Crippen molar-refractivity contribution in [2.75, 3.05) is 0 Å². The number of aliphatic hydroxyl groups excluding tert-OH is 1. The molecule has 0 saturated heterocycles. The van der Waals surface area contributed by atoms with E-state index in [0.29, 0.717) is 17.7 Å². The molecule has 34 heavy (non-hydrogen) atoms. The summed E-state index contributed by atoms with van der Waals surface area (Å²) in [5.41, 5.74) is 0.769. The summed E-state index contributed by atoms with van der Waals surface area (Å²) in [6.07, 6.45) is -11.3. The van der Waals surface area contributed by atoms with Crippen LogP contribution in [-0.4, -0.2) is 28.2 Å². The molecule has 2 aromatic carbocycles. The van der Waals surface area contributed by atoms with Crippen LogP contribution in [-0.2, 0) is 18.9 Å². The number of aliphatic hydroxyl groups is 1. The average molecular weight is 498 g/mol. The van der Waals surface area contributed by atoms with Crippen molar-refractivity contribution in [3.8, 4) is 22.7 Å². The Kier molecular flexibility index (Phi) is 6.96. The quantitative estimate of drug-likeness (QED) is 0.276. The number of benzene rings is 2. The van der Waals surface area contributed by atoms with Crippen LogP contribution in [0.3, 0.4) is 0 Å². The zero-order valence-corrected chi connectivity index (χ0v) is 19.5. The molecule has 0 saturated carbocycles. The summed E-state index contributed by atoms with van der Waals surface area (Å²) < 4.78 is 80.7. The third-order valence-corrected chi connectivity index (χ3v) is 5.53. The third kappa shape index (κ3) is 6.27. The second-order valence-electron chi connectivity index (χ2n) is 8.68. The van der Waals surface area contributed by atoms with E-state index in [1.54, 1.807) is 30.3 Å². The van der Waals surface area contributed by atoms with Gasteiger partial charge < -0.3 is 5.11 Å². The molecule has 0 amide bonds. The molecule has 0 aliphatic rings. The molecule has 11 heteroatoms. The molecule has 1 heterocycles. The Balaban J connectivity index is 2.13. The van der Waals surface area contributed by atoms with Gasteiger partial charge in [-0.05, 0) is 23.8 Å².